The van der Waals surface area contributed by atoms with E-state index in [9.17, 15) is 4.79 Å². The first-order chi connectivity index (χ1) is 9.29. The van der Waals surface area contributed by atoms with Gasteiger partial charge in [0.05, 0.1) is 6.04 Å². The SMILES string of the molecule is CNCCC1CCN(C2CCN(C3CC3)C2=O)CC1.Cl. The molecule has 0 bridgehead atoms. The number of halogens is 1. The van der Waals surface area contributed by atoms with Gasteiger partial charge in [0.1, 0.15) is 0 Å². The van der Waals surface area contributed by atoms with Gasteiger partial charge in [-0.05, 0) is 71.1 Å². The summed E-state index contributed by atoms with van der Waals surface area (Å²) in [6.45, 7) is 4.39. The first-order valence-corrected chi connectivity index (χ1v) is 7.98. The average molecular weight is 302 g/mol. The van der Waals surface area contributed by atoms with E-state index < -0.39 is 0 Å². The third-order valence-electron chi connectivity index (χ3n) is 5.09. The number of likely N-dealkylation sites (tertiary alicyclic amines) is 2. The lowest BCUT2D eigenvalue weighted by atomic mass is 9.92. The Labute approximate surface area is 128 Å². The van der Waals surface area contributed by atoms with Crippen LogP contribution in [0.15, 0.2) is 0 Å². The van der Waals surface area contributed by atoms with E-state index >= 15 is 0 Å². The van der Waals surface area contributed by atoms with E-state index in [0.717, 1.165) is 38.5 Å². The lowest BCUT2D eigenvalue weighted by molar-refractivity contribution is -0.133. The van der Waals surface area contributed by atoms with Crippen molar-refractivity contribution in [3.05, 3.63) is 0 Å². The van der Waals surface area contributed by atoms with Gasteiger partial charge in [0.15, 0.2) is 0 Å². The number of amides is 1. The van der Waals surface area contributed by atoms with Gasteiger partial charge < -0.3 is 10.2 Å². The average Bonchev–Trinajstić information content (AvgIpc) is 3.21. The van der Waals surface area contributed by atoms with Crippen LogP contribution in [0.3, 0.4) is 0 Å². The van der Waals surface area contributed by atoms with Crippen molar-refractivity contribution in [3.63, 3.8) is 0 Å². The molecule has 1 aliphatic carbocycles. The summed E-state index contributed by atoms with van der Waals surface area (Å²) < 4.78 is 0. The molecule has 5 heteroatoms. The normalized spacial score (nSPS) is 28.8. The Hall–Kier alpha value is -0.320. The number of rotatable bonds is 5. The molecule has 3 rings (SSSR count). The molecule has 4 nitrogen and oxygen atoms in total. The Morgan fingerprint density at radius 1 is 1.10 bits per heavy atom. The molecule has 3 aliphatic rings. The second-order valence-electron chi connectivity index (χ2n) is 6.44. The summed E-state index contributed by atoms with van der Waals surface area (Å²) in [7, 11) is 2.03. The molecule has 1 atom stereocenters. The molecule has 0 spiro atoms. The van der Waals surface area contributed by atoms with Crippen molar-refractivity contribution in [1.82, 2.24) is 15.1 Å². The van der Waals surface area contributed by atoms with Gasteiger partial charge in [-0.25, -0.2) is 0 Å². The molecule has 2 heterocycles. The van der Waals surface area contributed by atoms with Crippen LogP contribution in [-0.4, -0.2) is 61.0 Å². The summed E-state index contributed by atoms with van der Waals surface area (Å²) in [4.78, 5) is 17.0. The molecule has 0 aromatic heterocycles. The summed E-state index contributed by atoms with van der Waals surface area (Å²) >= 11 is 0. The highest BCUT2D eigenvalue weighted by Crippen LogP contribution is 2.33. The number of carbonyl (C=O) groups excluding carboxylic acids is 1. The first kappa shape index (κ1) is 16.1. The first-order valence-electron chi connectivity index (χ1n) is 7.98. The minimum absolute atomic E-state index is 0. The van der Waals surface area contributed by atoms with Crippen molar-refractivity contribution < 1.29 is 4.79 Å². The third kappa shape index (κ3) is 3.46. The summed E-state index contributed by atoms with van der Waals surface area (Å²) in [6, 6.07) is 0.816. The van der Waals surface area contributed by atoms with Crippen molar-refractivity contribution in [1.29, 1.82) is 0 Å². The standard InChI is InChI=1S/C15H27N3O.ClH/c1-16-8-4-12-5-9-17(10-6-12)14-7-11-18(15(14)19)13-2-3-13;/h12-14,16H,2-11H2,1H3;1H. The zero-order chi connectivity index (χ0) is 13.2. The van der Waals surface area contributed by atoms with Gasteiger partial charge >= 0.3 is 0 Å². The number of hydrogen-bond donors (Lipinski definition) is 1. The molecular formula is C15H28ClN3O. The predicted octanol–water partition coefficient (Wildman–Crippen LogP) is 1.49. The molecule has 116 valence electrons. The van der Waals surface area contributed by atoms with Gasteiger partial charge in [0.2, 0.25) is 5.91 Å². The van der Waals surface area contributed by atoms with E-state index in [-0.39, 0.29) is 18.4 Å². The highest BCUT2D eigenvalue weighted by molar-refractivity contribution is 5.85. The van der Waals surface area contributed by atoms with Crippen LogP contribution in [0.25, 0.3) is 0 Å². The largest absolute Gasteiger partial charge is 0.338 e. The molecule has 0 aromatic rings. The molecule has 1 N–H and O–H groups in total. The van der Waals surface area contributed by atoms with Crippen molar-refractivity contribution in [2.75, 3.05) is 33.2 Å². The summed E-state index contributed by atoms with van der Waals surface area (Å²) in [5, 5.41) is 3.24. The Kier molecular flexibility index (Phi) is 5.70. The zero-order valence-corrected chi connectivity index (χ0v) is 13.3. The topological polar surface area (TPSA) is 35.6 Å². The molecule has 2 saturated heterocycles. The predicted molar refractivity (Wildman–Crippen MR) is 83.2 cm³/mol. The molecule has 1 saturated carbocycles. The van der Waals surface area contributed by atoms with Crippen molar-refractivity contribution in [2.45, 2.75) is 50.6 Å². The summed E-state index contributed by atoms with van der Waals surface area (Å²) in [5.41, 5.74) is 0. The second-order valence-corrected chi connectivity index (χ2v) is 6.44. The number of carbonyl (C=O) groups is 1. The van der Waals surface area contributed by atoms with Crippen molar-refractivity contribution >= 4 is 18.3 Å². The third-order valence-corrected chi connectivity index (χ3v) is 5.09. The van der Waals surface area contributed by atoms with Crippen LogP contribution in [0.4, 0.5) is 0 Å². The number of nitrogens with one attached hydrogen (secondary N) is 1. The van der Waals surface area contributed by atoms with E-state index in [4.69, 9.17) is 0 Å². The van der Waals surface area contributed by atoms with Crippen LogP contribution >= 0.6 is 12.4 Å². The quantitative estimate of drug-likeness (QED) is 0.836. The Bertz CT molecular complexity index is 327. The second kappa shape index (κ2) is 7.10. The number of piperidine rings is 1. The van der Waals surface area contributed by atoms with Crippen LogP contribution in [-0.2, 0) is 4.79 Å². The fraction of sp³-hybridized carbons (Fsp3) is 0.933. The molecule has 0 aromatic carbocycles. The van der Waals surface area contributed by atoms with Gasteiger partial charge in [-0.15, -0.1) is 12.4 Å². The molecule has 1 unspecified atom stereocenters. The van der Waals surface area contributed by atoms with Gasteiger partial charge in [-0.1, -0.05) is 0 Å². The smallest absolute Gasteiger partial charge is 0.240 e. The maximum atomic E-state index is 12.4. The van der Waals surface area contributed by atoms with Crippen LogP contribution in [0.1, 0.15) is 38.5 Å². The van der Waals surface area contributed by atoms with Gasteiger partial charge in [0, 0.05) is 12.6 Å². The molecule has 0 radical (unpaired) electrons. The van der Waals surface area contributed by atoms with E-state index in [0.29, 0.717) is 11.9 Å². The highest BCUT2D eigenvalue weighted by atomic mass is 35.5. The summed E-state index contributed by atoms with van der Waals surface area (Å²) in [6.07, 6.45) is 7.38. The number of nitrogens with zero attached hydrogens (tertiary/aromatic N) is 2. The minimum atomic E-state index is 0. The van der Waals surface area contributed by atoms with E-state index in [1.807, 2.05) is 7.05 Å². The summed E-state index contributed by atoms with van der Waals surface area (Å²) in [5.74, 6) is 1.29. The van der Waals surface area contributed by atoms with Crippen molar-refractivity contribution in [3.8, 4) is 0 Å². The highest BCUT2D eigenvalue weighted by Gasteiger charge is 2.43. The van der Waals surface area contributed by atoms with Crippen LogP contribution in [0, 0.1) is 5.92 Å². The van der Waals surface area contributed by atoms with Crippen LogP contribution < -0.4 is 5.32 Å². The Morgan fingerprint density at radius 3 is 2.40 bits per heavy atom. The zero-order valence-electron chi connectivity index (χ0n) is 12.5. The van der Waals surface area contributed by atoms with Gasteiger partial charge in [0.25, 0.3) is 0 Å². The van der Waals surface area contributed by atoms with Crippen LogP contribution in [0.5, 0.6) is 0 Å². The fourth-order valence-electron chi connectivity index (χ4n) is 3.68. The lowest BCUT2D eigenvalue weighted by Crippen LogP contribution is -2.46. The van der Waals surface area contributed by atoms with Gasteiger partial charge in [-0.2, -0.15) is 0 Å². The monoisotopic (exact) mass is 301 g/mol. The number of hydrogen-bond acceptors (Lipinski definition) is 3. The fourth-order valence-corrected chi connectivity index (χ4v) is 3.68. The van der Waals surface area contributed by atoms with E-state index in [1.54, 1.807) is 0 Å². The molecule has 1 amide bonds. The molecular weight excluding hydrogens is 274 g/mol. The lowest BCUT2D eigenvalue weighted by Gasteiger charge is -2.35. The van der Waals surface area contributed by atoms with Crippen LogP contribution in [0.2, 0.25) is 0 Å². The van der Waals surface area contributed by atoms with Gasteiger partial charge in [-0.3, -0.25) is 9.69 Å². The van der Waals surface area contributed by atoms with E-state index in [1.165, 1.54) is 32.1 Å². The minimum Gasteiger partial charge on any atom is -0.338 e. The molecule has 20 heavy (non-hydrogen) atoms. The van der Waals surface area contributed by atoms with Crippen molar-refractivity contribution in [2.24, 2.45) is 5.92 Å². The van der Waals surface area contributed by atoms with E-state index in [2.05, 4.69) is 15.1 Å². The molecule has 3 fully saturated rings. The Balaban J connectivity index is 0.00000147. The maximum absolute atomic E-state index is 12.4. The molecule has 2 aliphatic heterocycles. The Morgan fingerprint density at radius 2 is 1.80 bits per heavy atom. The maximum Gasteiger partial charge on any atom is 0.240 e.